The van der Waals surface area contributed by atoms with Crippen molar-refractivity contribution in [2.24, 2.45) is 5.41 Å². The van der Waals surface area contributed by atoms with E-state index in [4.69, 9.17) is 0 Å². The highest BCUT2D eigenvalue weighted by Crippen LogP contribution is 2.35. The van der Waals surface area contributed by atoms with Gasteiger partial charge in [-0.25, -0.2) is 0 Å². The molecule has 1 saturated carbocycles. The lowest BCUT2D eigenvalue weighted by Gasteiger charge is -2.28. The number of nitrogens with one attached hydrogen (secondary N) is 1. The van der Waals surface area contributed by atoms with Crippen molar-refractivity contribution >= 4 is 17.4 Å². The molecule has 0 saturated heterocycles. The zero-order chi connectivity index (χ0) is 14.7. The highest BCUT2D eigenvalue weighted by atomic mass is 16.4. The third kappa shape index (κ3) is 2.65. The summed E-state index contributed by atoms with van der Waals surface area (Å²) in [4.78, 5) is 15.8. The van der Waals surface area contributed by atoms with Crippen LogP contribution >= 0.6 is 0 Å². The number of rotatable bonds is 4. The lowest BCUT2D eigenvalue weighted by atomic mass is 9.80. The maximum atomic E-state index is 11.8. The van der Waals surface area contributed by atoms with Crippen molar-refractivity contribution in [3.05, 3.63) is 12.4 Å². The molecule has 2 aromatic rings. The van der Waals surface area contributed by atoms with Gasteiger partial charge in [-0.15, -0.1) is 5.10 Å². The molecule has 8 nitrogen and oxygen atoms in total. The first-order chi connectivity index (χ1) is 10.2. The van der Waals surface area contributed by atoms with Crippen LogP contribution in [0.1, 0.15) is 38.5 Å². The Morgan fingerprint density at radius 1 is 1.29 bits per heavy atom. The molecule has 0 bridgehead atoms. The molecule has 0 aromatic carbocycles. The molecule has 2 aromatic heterocycles. The first-order valence-corrected chi connectivity index (χ1v) is 7.21. The normalized spacial score (nSPS) is 18.3. The van der Waals surface area contributed by atoms with Gasteiger partial charge in [0.25, 0.3) is 0 Å². The summed E-state index contributed by atoms with van der Waals surface area (Å²) in [5, 5.41) is 24.1. The van der Waals surface area contributed by atoms with Gasteiger partial charge in [-0.3, -0.25) is 9.78 Å². The van der Waals surface area contributed by atoms with Gasteiger partial charge < -0.3 is 10.4 Å². The summed E-state index contributed by atoms with van der Waals surface area (Å²) in [6.07, 6.45) is 8.71. The Balaban J connectivity index is 1.80. The number of aromatic nitrogens is 5. The minimum absolute atomic E-state index is 0.364. The Kier molecular flexibility index (Phi) is 3.68. The monoisotopic (exact) mass is 290 g/mol. The van der Waals surface area contributed by atoms with Gasteiger partial charge in [-0.1, -0.05) is 25.7 Å². The molecule has 1 aliphatic rings. The minimum Gasteiger partial charge on any atom is -0.481 e. The van der Waals surface area contributed by atoms with E-state index in [9.17, 15) is 9.90 Å². The van der Waals surface area contributed by atoms with E-state index in [0.717, 1.165) is 25.7 Å². The van der Waals surface area contributed by atoms with Crippen LogP contribution in [0.3, 0.4) is 0 Å². The second-order valence-electron chi connectivity index (χ2n) is 5.59. The Bertz CT molecular complexity index is 632. The van der Waals surface area contributed by atoms with Crippen molar-refractivity contribution in [3.63, 3.8) is 0 Å². The first kappa shape index (κ1) is 13.7. The van der Waals surface area contributed by atoms with Crippen LogP contribution < -0.4 is 5.32 Å². The van der Waals surface area contributed by atoms with E-state index < -0.39 is 11.4 Å². The average molecular weight is 290 g/mol. The molecule has 112 valence electrons. The van der Waals surface area contributed by atoms with Crippen molar-refractivity contribution in [2.45, 2.75) is 38.5 Å². The van der Waals surface area contributed by atoms with E-state index in [-0.39, 0.29) is 0 Å². The third-order valence-corrected chi connectivity index (χ3v) is 4.23. The second-order valence-corrected chi connectivity index (χ2v) is 5.59. The van der Waals surface area contributed by atoms with Crippen LogP contribution in [0.5, 0.6) is 0 Å². The number of tetrazole rings is 1. The Morgan fingerprint density at radius 2 is 2.05 bits per heavy atom. The number of hydrogen-bond acceptors (Lipinski definition) is 6. The molecule has 0 spiro atoms. The molecule has 0 atom stereocenters. The molecular formula is C13H18N6O2. The molecule has 0 aliphatic heterocycles. The highest BCUT2D eigenvalue weighted by molar-refractivity contribution is 5.75. The molecule has 0 radical (unpaired) electrons. The number of anilines is 1. The van der Waals surface area contributed by atoms with E-state index in [0.29, 0.717) is 30.9 Å². The van der Waals surface area contributed by atoms with Crippen LogP contribution in [0.2, 0.25) is 0 Å². The number of carboxylic acids is 1. The lowest BCUT2D eigenvalue weighted by molar-refractivity contribution is -0.149. The van der Waals surface area contributed by atoms with Crippen molar-refractivity contribution in [1.82, 2.24) is 25.0 Å². The van der Waals surface area contributed by atoms with Gasteiger partial charge in [0.1, 0.15) is 5.82 Å². The summed E-state index contributed by atoms with van der Waals surface area (Å²) in [6, 6.07) is 0. The van der Waals surface area contributed by atoms with Gasteiger partial charge in [-0.2, -0.15) is 4.52 Å². The van der Waals surface area contributed by atoms with Gasteiger partial charge in [0.15, 0.2) is 5.65 Å². The fourth-order valence-corrected chi connectivity index (χ4v) is 2.93. The number of fused-ring (bicyclic) bond motifs is 1. The fraction of sp³-hybridized carbons (Fsp3) is 0.615. The van der Waals surface area contributed by atoms with Crippen LogP contribution in [-0.4, -0.2) is 42.6 Å². The Hall–Kier alpha value is -2.25. The van der Waals surface area contributed by atoms with Crippen LogP contribution in [0.4, 0.5) is 5.82 Å². The predicted octanol–water partition coefficient (Wildman–Crippen LogP) is 1.36. The summed E-state index contributed by atoms with van der Waals surface area (Å²) < 4.78 is 1.53. The van der Waals surface area contributed by atoms with Crippen molar-refractivity contribution < 1.29 is 9.90 Å². The molecule has 0 amide bonds. The standard InChI is InChI=1S/C13H18N6O2/c20-12(21)13(5-3-1-2-4-6-13)9-15-10-7-14-8-11-16-17-18-19(10)11/h7-8,15H,1-6,9H2,(H,20,21). The summed E-state index contributed by atoms with van der Waals surface area (Å²) in [7, 11) is 0. The smallest absolute Gasteiger partial charge is 0.311 e. The van der Waals surface area contributed by atoms with Crippen molar-refractivity contribution in [2.75, 3.05) is 11.9 Å². The SMILES string of the molecule is O=C(O)C1(CNc2cncc3nnnn23)CCCCCC1. The second kappa shape index (κ2) is 5.63. The number of hydrogen-bond donors (Lipinski definition) is 2. The van der Waals surface area contributed by atoms with E-state index in [2.05, 4.69) is 25.8 Å². The van der Waals surface area contributed by atoms with Crippen LogP contribution in [-0.2, 0) is 4.79 Å². The highest BCUT2D eigenvalue weighted by Gasteiger charge is 2.38. The van der Waals surface area contributed by atoms with Gasteiger partial charge >= 0.3 is 5.97 Å². The topological polar surface area (TPSA) is 105 Å². The largest absolute Gasteiger partial charge is 0.481 e. The molecular weight excluding hydrogens is 272 g/mol. The summed E-state index contributed by atoms with van der Waals surface area (Å²) in [5.41, 5.74) is -0.183. The van der Waals surface area contributed by atoms with Crippen LogP contribution in [0.15, 0.2) is 12.4 Å². The zero-order valence-electron chi connectivity index (χ0n) is 11.7. The zero-order valence-corrected chi connectivity index (χ0v) is 11.7. The molecule has 2 heterocycles. The lowest BCUT2D eigenvalue weighted by Crippen LogP contribution is -2.38. The molecule has 8 heteroatoms. The summed E-state index contributed by atoms with van der Waals surface area (Å²) in [5.74, 6) is -0.115. The fourth-order valence-electron chi connectivity index (χ4n) is 2.93. The number of carbonyl (C=O) groups is 1. The van der Waals surface area contributed by atoms with Gasteiger partial charge in [0.2, 0.25) is 0 Å². The average Bonchev–Trinajstić information content (AvgIpc) is 2.83. The van der Waals surface area contributed by atoms with Crippen LogP contribution in [0.25, 0.3) is 5.65 Å². The molecule has 1 fully saturated rings. The number of aliphatic carboxylic acids is 1. The number of nitrogens with zero attached hydrogens (tertiary/aromatic N) is 5. The van der Waals surface area contributed by atoms with E-state index >= 15 is 0 Å². The third-order valence-electron chi connectivity index (χ3n) is 4.23. The van der Waals surface area contributed by atoms with Crippen LogP contribution in [0, 0.1) is 5.41 Å². The quantitative estimate of drug-likeness (QED) is 0.819. The van der Waals surface area contributed by atoms with Gasteiger partial charge in [0.05, 0.1) is 17.8 Å². The van der Waals surface area contributed by atoms with Gasteiger partial charge in [-0.05, 0) is 23.3 Å². The first-order valence-electron chi connectivity index (χ1n) is 7.21. The molecule has 2 N–H and O–H groups in total. The molecule has 0 unspecified atom stereocenters. The predicted molar refractivity (Wildman–Crippen MR) is 74.8 cm³/mol. The van der Waals surface area contributed by atoms with E-state index in [1.165, 1.54) is 4.52 Å². The van der Waals surface area contributed by atoms with Crippen molar-refractivity contribution in [1.29, 1.82) is 0 Å². The van der Waals surface area contributed by atoms with E-state index in [1.807, 2.05) is 0 Å². The van der Waals surface area contributed by atoms with Gasteiger partial charge in [0, 0.05) is 6.54 Å². The molecule has 21 heavy (non-hydrogen) atoms. The summed E-state index contributed by atoms with van der Waals surface area (Å²) in [6.45, 7) is 0.364. The molecule has 1 aliphatic carbocycles. The maximum absolute atomic E-state index is 11.8. The Morgan fingerprint density at radius 3 is 2.76 bits per heavy atom. The molecule has 3 rings (SSSR count). The van der Waals surface area contributed by atoms with Crippen molar-refractivity contribution in [3.8, 4) is 0 Å². The Labute approximate surface area is 121 Å². The number of carboxylic acid groups (broad SMARTS) is 1. The minimum atomic E-state index is -0.728. The summed E-state index contributed by atoms with van der Waals surface area (Å²) >= 11 is 0. The maximum Gasteiger partial charge on any atom is 0.311 e. The van der Waals surface area contributed by atoms with E-state index in [1.54, 1.807) is 12.4 Å².